The first-order valence-corrected chi connectivity index (χ1v) is 7.33. The molecule has 1 heterocycles. The predicted octanol–water partition coefficient (Wildman–Crippen LogP) is 0.882. The SMILES string of the molecule is O=C(NOCCN1CCOCC1)NC1CCCCC1. The Morgan fingerprint density at radius 3 is 2.68 bits per heavy atom. The molecule has 0 aromatic heterocycles. The monoisotopic (exact) mass is 271 g/mol. The van der Waals surface area contributed by atoms with Crippen LogP contribution in [0.2, 0.25) is 0 Å². The first kappa shape index (κ1) is 14.6. The molecule has 1 saturated carbocycles. The van der Waals surface area contributed by atoms with Gasteiger partial charge in [0.1, 0.15) is 0 Å². The van der Waals surface area contributed by atoms with Gasteiger partial charge in [0.2, 0.25) is 0 Å². The Morgan fingerprint density at radius 1 is 1.21 bits per heavy atom. The number of morpholine rings is 1. The number of hydroxylamine groups is 1. The van der Waals surface area contributed by atoms with E-state index in [1.807, 2.05) is 0 Å². The van der Waals surface area contributed by atoms with Crippen LogP contribution in [0.5, 0.6) is 0 Å². The van der Waals surface area contributed by atoms with E-state index in [2.05, 4.69) is 15.7 Å². The number of hydrogen-bond acceptors (Lipinski definition) is 4. The molecule has 0 spiro atoms. The minimum atomic E-state index is -0.214. The minimum absolute atomic E-state index is 0.214. The summed E-state index contributed by atoms with van der Waals surface area (Å²) in [4.78, 5) is 19.0. The molecule has 1 aliphatic carbocycles. The Balaban J connectivity index is 1.48. The van der Waals surface area contributed by atoms with E-state index in [1.54, 1.807) is 0 Å². The van der Waals surface area contributed by atoms with Gasteiger partial charge in [0.05, 0.1) is 19.8 Å². The molecular weight excluding hydrogens is 246 g/mol. The van der Waals surface area contributed by atoms with Gasteiger partial charge in [-0.25, -0.2) is 10.3 Å². The molecule has 1 saturated heterocycles. The van der Waals surface area contributed by atoms with E-state index in [4.69, 9.17) is 9.57 Å². The van der Waals surface area contributed by atoms with Crippen molar-refractivity contribution in [3.63, 3.8) is 0 Å². The number of carbonyl (C=O) groups excluding carboxylic acids is 1. The third-order valence-electron chi connectivity index (χ3n) is 3.72. The summed E-state index contributed by atoms with van der Waals surface area (Å²) < 4.78 is 5.27. The standard InChI is InChI=1S/C13H25N3O3/c17-13(14-12-4-2-1-3-5-12)15-19-11-8-16-6-9-18-10-7-16/h12H,1-11H2,(H2,14,15,17). The fourth-order valence-electron chi connectivity index (χ4n) is 2.58. The third-order valence-corrected chi connectivity index (χ3v) is 3.72. The maximum absolute atomic E-state index is 11.6. The number of ether oxygens (including phenoxy) is 1. The van der Waals surface area contributed by atoms with Gasteiger partial charge >= 0.3 is 6.03 Å². The Kier molecular flexibility index (Phi) is 6.39. The van der Waals surface area contributed by atoms with Crippen molar-refractivity contribution in [1.29, 1.82) is 0 Å². The number of nitrogens with one attached hydrogen (secondary N) is 2. The lowest BCUT2D eigenvalue weighted by Gasteiger charge is -2.26. The number of carbonyl (C=O) groups is 1. The van der Waals surface area contributed by atoms with E-state index >= 15 is 0 Å². The predicted molar refractivity (Wildman–Crippen MR) is 71.8 cm³/mol. The highest BCUT2D eigenvalue weighted by molar-refractivity contribution is 5.72. The Bertz CT molecular complexity index is 264. The average Bonchev–Trinajstić information content (AvgIpc) is 2.46. The van der Waals surface area contributed by atoms with Gasteiger partial charge in [0.25, 0.3) is 0 Å². The van der Waals surface area contributed by atoms with Gasteiger partial charge in [-0.1, -0.05) is 19.3 Å². The highest BCUT2D eigenvalue weighted by Gasteiger charge is 2.15. The molecule has 0 aromatic rings. The molecule has 0 aromatic carbocycles. The number of urea groups is 1. The summed E-state index contributed by atoms with van der Waals surface area (Å²) in [5.74, 6) is 0. The molecule has 2 rings (SSSR count). The molecule has 2 amide bonds. The molecule has 110 valence electrons. The first-order chi connectivity index (χ1) is 9.34. The number of hydrogen-bond donors (Lipinski definition) is 2. The molecule has 19 heavy (non-hydrogen) atoms. The van der Waals surface area contributed by atoms with Gasteiger partial charge < -0.3 is 10.1 Å². The van der Waals surface area contributed by atoms with Gasteiger partial charge in [-0.15, -0.1) is 0 Å². The highest BCUT2D eigenvalue weighted by atomic mass is 16.7. The summed E-state index contributed by atoms with van der Waals surface area (Å²) in [5, 5.41) is 2.95. The summed E-state index contributed by atoms with van der Waals surface area (Å²) in [6.45, 7) is 4.80. The van der Waals surface area contributed by atoms with Crippen LogP contribution in [0.25, 0.3) is 0 Å². The van der Waals surface area contributed by atoms with Crippen molar-refractivity contribution >= 4 is 6.03 Å². The molecule has 1 aliphatic heterocycles. The summed E-state index contributed by atoms with van der Waals surface area (Å²) in [6, 6.07) is 0.102. The number of amides is 2. The second-order valence-electron chi connectivity index (χ2n) is 5.21. The van der Waals surface area contributed by atoms with E-state index in [0.717, 1.165) is 45.7 Å². The van der Waals surface area contributed by atoms with Crippen molar-refractivity contribution in [2.75, 3.05) is 39.5 Å². The molecule has 6 nitrogen and oxygen atoms in total. The van der Waals surface area contributed by atoms with Crippen LogP contribution in [-0.4, -0.2) is 56.4 Å². The molecule has 0 bridgehead atoms. The van der Waals surface area contributed by atoms with Gasteiger partial charge in [-0.2, -0.15) is 0 Å². The van der Waals surface area contributed by atoms with Crippen LogP contribution in [0.4, 0.5) is 4.79 Å². The fraction of sp³-hybridized carbons (Fsp3) is 0.923. The van der Waals surface area contributed by atoms with E-state index < -0.39 is 0 Å². The van der Waals surface area contributed by atoms with Gasteiger partial charge in [0, 0.05) is 25.7 Å². The molecule has 2 aliphatic rings. The molecular formula is C13H25N3O3. The highest BCUT2D eigenvalue weighted by Crippen LogP contribution is 2.17. The van der Waals surface area contributed by atoms with Crippen molar-refractivity contribution in [1.82, 2.24) is 15.7 Å². The lowest BCUT2D eigenvalue weighted by Crippen LogP contribution is -2.44. The van der Waals surface area contributed by atoms with E-state index in [9.17, 15) is 4.79 Å². The maximum atomic E-state index is 11.6. The van der Waals surface area contributed by atoms with Crippen molar-refractivity contribution in [2.24, 2.45) is 0 Å². The van der Waals surface area contributed by atoms with E-state index in [0.29, 0.717) is 12.6 Å². The summed E-state index contributed by atoms with van der Waals surface area (Å²) in [5.41, 5.74) is 2.46. The zero-order valence-electron chi connectivity index (χ0n) is 11.5. The van der Waals surface area contributed by atoms with Crippen molar-refractivity contribution in [3.8, 4) is 0 Å². The molecule has 0 radical (unpaired) electrons. The molecule has 0 atom stereocenters. The van der Waals surface area contributed by atoms with Crippen molar-refractivity contribution in [3.05, 3.63) is 0 Å². The van der Waals surface area contributed by atoms with Gasteiger partial charge in [-0.3, -0.25) is 9.74 Å². The van der Waals surface area contributed by atoms with Crippen LogP contribution < -0.4 is 10.8 Å². The summed E-state index contributed by atoms with van der Waals surface area (Å²) >= 11 is 0. The number of nitrogens with zero attached hydrogens (tertiary/aromatic N) is 1. The van der Waals surface area contributed by atoms with Gasteiger partial charge in [0.15, 0.2) is 0 Å². The molecule has 2 fully saturated rings. The molecule has 2 N–H and O–H groups in total. The zero-order valence-corrected chi connectivity index (χ0v) is 11.5. The van der Waals surface area contributed by atoms with Crippen LogP contribution in [0.1, 0.15) is 32.1 Å². The van der Waals surface area contributed by atoms with Gasteiger partial charge in [-0.05, 0) is 12.8 Å². The van der Waals surface area contributed by atoms with Crippen molar-refractivity contribution in [2.45, 2.75) is 38.1 Å². The van der Waals surface area contributed by atoms with Crippen LogP contribution >= 0.6 is 0 Å². The smallest absolute Gasteiger partial charge is 0.338 e. The van der Waals surface area contributed by atoms with Crippen LogP contribution in [-0.2, 0) is 9.57 Å². The summed E-state index contributed by atoms with van der Waals surface area (Å²) in [7, 11) is 0. The van der Waals surface area contributed by atoms with E-state index in [1.165, 1.54) is 19.3 Å². The average molecular weight is 271 g/mol. The topological polar surface area (TPSA) is 62.8 Å². The minimum Gasteiger partial charge on any atom is -0.379 e. The largest absolute Gasteiger partial charge is 0.379 e. The van der Waals surface area contributed by atoms with Crippen molar-refractivity contribution < 1.29 is 14.4 Å². The lowest BCUT2D eigenvalue weighted by molar-refractivity contribution is 0.00465. The molecule has 0 unspecified atom stereocenters. The fourth-order valence-corrected chi connectivity index (χ4v) is 2.58. The van der Waals surface area contributed by atoms with Crippen LogP contribution in [0.3, 0.4) is 0 Å². The van der Waals surface area contributed by atoms with Crippen LogP contribution in [0, 0.1) is 0 Å². The Morgan fingerprint density at radius 2 is 1.95 bits per heavy atom. The first-order valence-electron chi connectivity index (χ1n) is 7.33. The normalized spacial score (nSPS) is 22.1. The summed E-state index contributed by atoms with van der Waals surface area (Å²) in [6.07, 6.45) is 5.88. The number of rotatable bonds is 5. The second-order valence-corrected chi connectivity index (χ2v) is 5.21. The van der Waals surface area contributed by atoms with E-state index in [-0.39, 0.29) is 6.03 Å². The zero-order chi connectivity index (χ0) is 13.3. The lowest BCUT2D eigenvalue weighted by atomic mass is 9.96. The quantitative estimate of drug-likeness (QED) is 0.575. The Hall–Kier alpha value is -0.850. The molecule has 6 heteroatoms. The Labute approximate surface area is 114 Å². The van der Waals surface area contributed by atoms with Crippen LogP contribution in [0.15, 0.2) is 0 Å². The third kappa shape index (κ3) is 5.76. The maximum Gasteiger partial charge on any atom is 0.338 e. The second kappa shape index (κ2) is 8.35.